The largest absolute Gasteiger partial charge is 0.398 e. The third kappa shape index (κ3) is 3.18. The molecule has 0 aliphatic heterocycles. The first kappa shape index (κ1) is 17.7. The van der Waals surface area contributed by atoms with Crippen molar-refractivity contribution in [2.24, 2.45) is 11.8 Å². The van der Waals surface area contributed by atoms with E-state index in [1.54, 1.807) is 32.0 Å². The molecule has 4 nitrogen and oxygen atoms in total. The molecule has 0 fully saturated rings. The molecule has 0 saturated heterocycles. The zero-order chi connectivity index (χ0) is 18.0. The van der Waals surface area contributed by atoms with Crippen molar-refractivity contribution in [3.05, 3.63) is 47.5 Å². The lowest BCUT2D eigenvalue weighted by Crippen LogP contribution is -2.20. The molecule has 0 heterocycles. The van der Waals surface area contributed by atoms with Crippen LogP contribution in [0.15, 0.2) is 36.4 Å². The van der Waals surface area contributed by atoms with E-state index in [0.29, 0.717) is 28.1 Å². The Hall–Kier alpha value is -2.62. The van der Waals surface area contributed by atoms with E-state index in [1.165, 1.54) is 0 Å². The Labute approximate surface area is 142 Å². The number of ketones is 2. The van der Waals surface area contributed by atoms with Gasteiger partial charge in [0.05, 0.1) is 5.56 Å². The van der Waals surface area contributed by atoms with Crippen LogP contribution in [0.5, 0.6) is 0 Å². The lowest BCUT2D eigenvalue weighted by atomic mass is 9.84. The summed E-state index contributed by atoms with van der Waals surface area (Å²) in [5, 5.41) is 0. The van der Waals surface area contributed by atoms with Gasteiger partial charge in [-0.3, -0.25) is 9.59 Å². The highest BCUT2D eigenvalue weighted by molar-refractivity contribution is 6.16. The van der Waals surface area contributed by atoms with Gasteiger partial charge in [-0.2, -0.15) is 0 Å². The van der Waals surface area contributed by atoms with Gasteiger partial charge < -0.3 is 11.5 Å². The van der Waals surface area contributed by atoms with Crippen molar-refractivity contribution < 1.29 is 9.59 Å². The van der Waals surface area contributed by atoms with Crippen LogP contribution >= 0.6 is 0 Å². The molecule has 0 aromatic heterocycles. The van der Waals surface area contributed by atoms with E-state index in [4.69, 9.17) is 11.5 Å². The van der Waals surface area contributed by atoms with E-state index in [0.717, 1.165) is 5.56 Å². The average Bonchev–Trinajstić information content (AvgIpc) is 2.53. The Kier molecular flexibility index (Phi) is 5.07. The van der Waals surface area contributed by atoms with Crippen LogP contribution in [0, 0.1) is 11.8 Å². The summed E-state index contributed by atoms with van der Waals surface area (Å²) in [6, 6.07) is 10.8. The number of hydrogen-bond donors (Lipinski definition) is 2. The number of hydrogen-bond acceptors (Lipinski definition) is 4. The number of para-hydroxylation sites is 1. The molecule has 24 heavy (non-hydrogen) atoms. The maximum absolute atomic E-state index is 12.9. The van der Waals surface area contributed by atoms with E-state index < -0.39 is 0 Å². The SMILES string of the molecule is CC(C)C(=O)c1c(N)ccc(-c2ccccc2N)c1C(=O)C(C)C. The molecule has 0 radical (unpaired) electrons. The predicted octanol–water partition coefficient (Wildman–Crippen LogP) is 4.20. The lowest BCUT2D eigenvalue weighted by molar-refractivity contribution is 0.0907. The number of nitrogens with two attached hydrogens (primary N) is 2. The summed E-state index contributed by atoms with van der Waals surface area (Å²) in [4.78, 5) is 25.6. The first-order valence-corrected chi connectivity index (χ1v) is 8.11. The number of carbonyl (C=O) groups excluding carboxylic acids is 2. The number of anilines is 2. The molecule has 0 unspecified atom stereocenters. The summed E-state index contributed by atoms with van der Waals surface area (Å²) in [5.74, 6) is -0.749. The monoisotopic (exact) mass is 324 g/mol. The molecule has 4 heteroatoms. The molecule has 2 aromatic carbocycles. The number of nitrogen functional groups attached to an aromatic ring is 2. The second-order valence-corrected chi connectivity index (χ2v) is 6.58. The maximum atomic E-state index is 12.9. The van der Waals surface area contributed by atoms with Gasteiger partial charge in [-0.1, -0.05) is 52.0 Å². The highest BCUT2D eigenvalue weighted by atomic mass is 16.1. The van der Waals surface area contributed by atoms with Gasteiger partial charge in [0, 0.05) is 34.3 Å². The molecule has 0 atom stereocenters. The fourth-order valence-electron chi connectivity index (χ4n) is 2.68. The van der Waals surface area contributed by atoms with Gasteiger partial charge in [0.2, 0.25) is 0 Å². The first-order chi connectivity index (χ1) is 11.3. The van der Waals surface area contributed by atoms with Crippen LogP contribution in [0.2, 0.25) is 0 Å². The first-order valence-electron chi connectivity index (χ1n) is 8.11. The molecule has 0 bridgehead atoms. The van der Waals surface area contributed by atoms with E-state index >= 15 is 0 Å². The van der Waals surface area contributed by atoms with E-state index in [-0.39, 0.29) is 23.4 Å². The van der Waals surface area contributed by atoms with Crippen LogP contribution in [0.4, 0.5) is 11.4 Å². The fraction of sp³-hybridized carbons (Fsp3) is 0.300. The van der Waals surface area contributed by atoms with Gasteiger partial charge in [0.1, 0.15) is 0 Å². The number of carbonyl (C=O) groups is 2. The summed E-state index contributed by atoms with van der Waals surface area (Å²) in [7, 11) is 0. The van der Waals surface area contributed by atoms with Crippen molar-refractivity contribution in [3.8, 4) is 11.1 Å². The van der Waals surface area contributed by atoms with Crippen LogP contribution in [-0.4, -0.2) is 11.6 Å². The zero-order valence-corrected chi connectivity index (χ0v) is 14.6. The average molecular weight is 324 g/mol. The normalized spacial score (nSPS) is 11.1. The third-order valence-corrected chi connectivity index (χ3v) is 4.03. The van der Waals surface area contributed by atoms with Crippen molar-refractivity contribution in [2.45, 2.75) is 27.7 Å². The van der Waals surface area contributed by atoms with Crippen LogP contribution < -0.4 is 11.5 Å². The number of benzene rings is 2. The summed E-state index contributed by atoms with van der Waals surface area (Å²) < 4.78 is 0. The molecule has 2 rings (SSSR count). The van der Waals surface area contributed by atoms with Gasteiger partial charge in [-0.15, -0.1) is 0 Å². The second-order valence-electron chi connectivity index (χ2n) is 6.58. The molecule has 0 aliphatic carbocycles. The Bertz CT molecular complexity index is 792. The second kappa shape index (κ2) is 6.87. The quantitative estimate of drug-likeness (QED) is 0.637. The minimum atomic E-state index is -0.255. The molecule has 4 N–H and O–H groups in total. The molecule has 2 aromatic rings. The minimum Gasteiger partial charge on any atom is -0.398 e. The van der Waals surface area contributed by atoms with Crippen LogP contribution in [0.3, 0.4) is 0 Å². The lowest BCUT2D eigenvalue weighted by Gasteiger charge is -2.19. The smallest absolute Gasteiger partial charge is 0.168 e. The van der Waals surface area contributed by atoms with E-state index in [1.807, 2.05) is 32.0 Å². The number of Topliss-reactive ketones (excluding diaryl/α,β-unsaturated/α-hetero) is 2. The molecule has 126 valence electrons. The summed E-state index contributed by atoms with van der Waals surface area (Å²) >= 11 is 0. The number of rotatable bonds is 5. The molecule has 0 amide bonds. The van der Waals surface area contributed by atoms with Crippen LogP contribution in [0.25, 0.3) is 11.1 Å². The van der Waals surface area contributed by atoms with Gasteiger partial charge in [0.25, 0.3) is 0 Å². The molecule has 0 spiro atoms. The van der Waals surface area contributed by atoms with Gasteiger partial charge in [0.15, 0.2) is 11.6 Å². The van der Waals surface area contributed by atoms with Crippen molar-refractivity contribution in [1.29, 1.82) is 0 Å². The van der Waals surface area contributed by atoms with Gasteiger partial charge in [-0.05, 0) is 17.7 Å². The Balaban J connectivity index is 2.87. The van der Waals surface area contributed by atoms with E-state index in [9.17, 15) is 9.59 Å². The zero-order valence-electron chi connectivity index (χ0n) is 14.6. The van der Waals surface area contributed by atoms with E-state index in [2.05, 4.69) is 0 Å². The van der Waals surface area contributed by atoms with Gasteiger partial charge >= 0.3 is 0 Å². The van der Waals surface area contributed by atoms with Gasteiger partial charge in [-0.25, -0.2) is 0 Å². The highest BCUT2D eigenvalue weighted by Crippen LogP contribution is 2.35. The Morgan fingerprint density at radius 1 is 0.708 bits per heavy atom. The Morgan fingerprint density at radius 3 is 1.79 bits per heavy atom. The van der Waals surface area contributed by atoms with Crippen molar-refractivity contribution >= 4 is 22.9 Å². The van der Waals surface area contributed by atoms with Crippen LogP contribution in [-0.2, 0) is 0 Å². The van der Waals surface area contributed by atoms with Crippen molar-refractivity contribution in [1.82, 2.24) is 0 Å². The van der Waals surface area contributed by atoms with Crippen LogP contribution in [0.1, 0.15) is 48.4 Å². The predicted molar refractivity (Wildman–Crippen MR) is 99.0 cm³/mol. The maximum Gasteiger partial charge on any atom is 0.168 e. The Morgan fingerprint density at radius 2 is 1.25 bits per heavy atom. The molecule has 0 saturated carbocycles. The van der Waals surface area contributed by atoms with Crippen molar-refractivity contribution in [3.63, 3.8) is 0 Å². The molecular weight excluding hydrogens is 300 g/mol. The molecular formula is C20H24N2O2. The third-order valence-electron chi connectivity index (χ3n) is 4.03. The summed E-state index contributed by atoms with van der Waals surface area (Å²) in [6.45, 7) is 7.23. The molecule has 0 aliphatic rings. The summed E-state index contributed by atoms with van der Waals surface area (Å²) in [5.41, 5.74) is 15.1. The highest BCUT2D eigenvalue weighted by Gasteiger charge is 2.27. The fourth-order valence-corrected chi connectivity index (χ4v) is 2.68. The minimum absolute atomic E-state index is 0.107. The van der Waals surface area contributed by atoms with Crippen molar-refractivity contribution in [2.75, 3.05) is 11.5 Å². The standard InChI is InChI=1S/C20H24N2O2/c1-11(2)19(23)17-14(13-7-5-6-8-15(13)21)9-10-16(22)18(17)20(24)12(3)4/h5-12H,21-22H2,1-4H3. The topological polar surface area (TPSA) is 86.2 Å². The summed E-state index contributed by atoms with van der Waals surface area (Å²) in [6.07, 6.45) is 0.